The molecule has 0 aliphatic rings. The number of aromatic nitrogens is 2. The van der Waals surface area contributed by atoms with Gasteiger partial charge in [0.1, 0.15) is 0 Å². The Morgan fingerprint density at radius 2 is 2.20 bits per heavy atom. The monoisotopic (exact) mass is 158 g/mol. The van der Waals surface area contributed by atoms with Crippen molar-refractivity contribution in [3.8, 4) is 0 Å². The molecule has 1 rings (SSSR count). The van der Waals surface area contributed by atoms with Gasteiger partial charge in [-0.2, -0.15) is 5.10 Å². The molecule has 0 aliphatic carbocycles. The van der Waals surface area contributed by atoms with E-state index in [0.29, 0.717) is 5.92 Å². The second-order valence-corrected chi connectivity index (χ2v) is 3.10. The van der Waals surface area contributed by atoms with Gasteiger partial charge in [-0.15, -0.1) is 0 Å². The predicted molar refractivity (Wildman–Crippen MR) is 42.3 cm³/mol. The Kier molecular flexibility index (Phi) is 2.00. The van der Waals surface area contributed by atoms with E-state index in [1.807, 2.05) is 13.2 Å². The van der Waals surface area contributed by atoms with Crippen LogP contribution in [0.2, 0.25) is 5.02 Å². The topological polar surface area (TPSA) is 17.8 Å². The molecule has 1 aromatic rings. The maximum Gasteiger partial charge on any atom is 0.0836 e. The lowest BCUT2D eigenvalue weighted by molar-refractivity contribution is 0.713. The molecule has 0 radical (unpaired) electrons. The zero-order valence-corrected chi connectivity index (χ0v) is 7.18. The first kappa shape index (κ1) is 7.61. The predicted octanol–water partition coefficient (Wildman–Crippen LogP) is 2.20. The summed E-state index contributed by atoms with van der Waals surface area (Å²) in [6, 6.07) is 0. The zero-order chi connectivity index (χ0) is 7.72. The lowest BCUT2D eigenvalue weighted by Crippen LogP contribution is -1.92. The Morgan fingerprint density at radius 1 is 1.60 bits per heavy atom. The first-order chi connectivity index (χ1) is 4.61. The van der Waals surface area contributed by atoms with Gasteiger partial charge in [-0.3, -0.25) is 4.68 Å². The number of nitrogens with zero attached hydrogens (tertiary/aromatic N) is 2. The molecule has 0 bridgehead atoms. The van der Waals surface area contributed by atoms with Crippen molar-refractivity contribution in [3.05, 3.63) is 16.9 Å². The highest BCUT2D eigenvalue weighted by Crippen LogP contribution is 2.21. The maximum atomic E-state index is 5.86. The molecule has 3 heteroatoms. The van der Waals surface area contributed by atoms with E-state index in [-0.39, 0.29) is 0 Å². The van der Waals surface area contributed by atoms with Gasteiger partial charge in [0.2, 0.25) is 0 Å². The molecule has 0 amide bonds. The van der Waals surface area contributed by atoms with Gasteiger partial charge in [0.15, 0.2) is 0 Å². The summed E-state index contributed by atoms with van der Waals surface area (Å²) < 4.78 is 1.73. The number of halogens is 1. The fraction of sp³-hybridized carbons (Fsp3) is 0.571. The van der Waals surface area contributed by atoms with Crippen molar-refractivity contribution in [1.82, 2.24) is 9.78 Å². The van der Waals surface area contributed by atoms with E-state index in [4.69, 9.17) is 11.6 Å². The van der Waals surface area contributed by atoms with E-state index in [9.17, 15) is 0 Å². The van der Waals surface area contributed by atoms with Gasteiger partial charge in [0.25, 0.3) is 0 Å². The summed E-state index contributed by atoms with van der Waals surface area (Å²) in [5.74, 6) is 0.411. The van der Waals surface area contributed by atoms with Crippen LogP contribution >= 0.6 is 11.6 Å². The van der Waals surface area contributed by atoms with E-state index in [1.165, 1.54) is 0 Å². The molecule has 0 atom stereocenters. The summed E-state index contributed by atoms with van der Waals surface area (Å²) in [6.07, 6.45) is 1.82. The van der Waals surface area contributed by atoms with Crippen LogP contribution in [0.25, 0.3) is 0 Å². The van der Waals surface area contributed by atoms with Gasteiger partial charge in [0, 0.05) is 13.2 Å². The van der Waals surface area contributed by atoms with Crippen LogP contribution in [-0.2, 0) is 7.05 Å². The third-order valence-corrected chi connectivity index (χ3v) is 1.65. The molecule has 1 heterocycles. The van der Waals surface area contributed by atoms with E-state index < -0.39 is 0 Å². The van der Waals surface area contributed by atoms with Crippen LogP contribution in [0.3, 0.4) is 0 Å². The third-order valence-electron chi connectivity index (χ3n) is 1.36. The molecule has 0 spiro atoms. The average molecular weight is 159 g/mol. The molecule has 0 aliphatic heterocycles. The van der Waals surface area contributed by atoms with Crippen LogP contribution in [0.1, 0.15) is 25.5 Å². The van der Waals surface area contributed by atoms with Crippen LogP contribution in [0.5, 0.6) is 0 Å². The minimum absolute atomic E-state index is 0.411. The van der Waals surface area contributed by atoms with Crippen molar-refractivity contribution in [3.63, 3.8) is 0 Å². The minimum atomic E-state index is 0.411. The minimum Gasteiger partial charge on any atom is -0.274 e. The fourth-order valence-electron chi connectivity index (χ4n) is 0.868. The molecular formula is C7H11ClN2. The molecule has 0 saturated carbocycles. The summed E-state index contributed by atoms with van der Waals surface area (Å²) in [7, 11) is 1.87. The van der Waals surface area contributed by atoms with Crippen molar-refractivity contribution in [1.29, 1.82) is 0 Å². The highest BCUT2D eigenvalue weighted by Gasteiger charge is 2.07. The first-order valence-electron chi connectivity index (χ1n) is 3.30. The Balaban J connectivity index is 3.03. The summed E-state index contributed by atoms with van der Waals surface area (Å²) in [5, 5.41) is 4.96. The van der Waals surface area contributed by atoms with E-state index in [1.54, 1.807) is 4.68 Å². The van der Waals surface area contributed by atoms with Crippen molar-refractivity contribution in [2.75, 3.05) is 0 Å². The van der Waals surface area contributed by atoms with Crippen molar-refractivity contribution in [2.45, 2.75) is 19.8 Å². The number of hydrogen-bond acceptors (Lipinski definition) is 1. The zero-order valence-electron chi connectivity index (χ0n) is 6.43. The molecule has 56 valence electrons. The van der Waals surface area contributed by atoms with Gasteiger partial charge in [-0.05, 0) is 5.92 Å². The van der Waals surface area contributed by atoms with Crippen LogP contribution < -0.4 is 0 Å². The molecule has 0 saturated heterocycles. The van der Waals surface area contributed by atoms with Crippen LogP contribution in [-0.4, -0.2) is 9.78 Å². The van der Waals surface area contributed by atoms with Gasteiger partial charge >= 0.3 is 0 Å². The van der Waals surface area contributed by atoms with Crippen LogP contribution in [0.15, 0.2) is 6.20 Å². The fourth-order valence-corrected chi connectivity index (χ4v) is 1.27. The standard InChI is InChI=1S/C7H11ClN2/c1-5(2)7-6(8)4-10(3)9-7/h4-5H,1-3H3. The molecule has 0 unspecified atom stereocenters. The number of rotatable bonds is 1. The summed E-state index contributed by atoms with van der Waals surface area (Å²) in [4.78, 5) is 0. The quantitative estimate of drug-likeness (QED) is 0.613. The van der Waals surface area contributed by atoms with Crippen LogP contribution in [0, 0.1) is 0 Å². The largest absolute Gasteiger partial charge is 0.274 e. The van der Waals surface area contributed by atoms with Crippen molar-refractivity contribution >= 4 is 11.6 Å². The highest BCUT2D eigenvalue weighted by molar-refractivity contribution is 6.31. The Hall–Kier alpha value is -0.500. The molecule has 10 heavy (non-hydrogen) atoms. The molecule has 0 aromatic carbocycles. The highest BCUT2D eigenvalue weighted by atomic mass is 35.5. The average Bonchev–Trinajstić information content (AvgIpc) is 2.10. The maximum absolute atomic E-state index is 5.86. The summed E-state index contributed by atoms with van der Waals surface area (Å²) >= 11 is 5.86. The van der Waals surface area contributed by atoms with E-state index in [0.717, 1.165) is 10.7 Å². The molecular weight excluding hydrogens is 148 g/mol. The van der Waals surface area contributed by atoms with E-state index in [2.05, 4.69) is 18.9 Å². The first-order valence-corrected chi connectivity index (χ1v) is 3.68. The Bertz CT molecular complexity index is 228. The third kappa shape index (κ3) is 1.32. The molecule has 0 N–H and O–H groups in total. The Morgan fingerprint density at radius 3 is 2.40 bits per heavy atom. The van der Waals surface area contributed by atoms with Crippen molar-refractivity contribution in [2.24, 2.45) is 7.05 Å². The van der Waals surface area contributed by atoms with Crippen LogP contribution in [0.4, 0.5) is 0 Å². The van der Waals surface area contributed by atoms with Gasteiger partial charge in [-0.1, -0.05) is 25.4 Å². The van der Waals surface area contributed by atoms with Gasteiger partial charge in [0.05, 0.1) is 10.7 Å². The normalized spacial score (nSPS) is 10.9. The lowest BCUT2D eigenvalue weighted by Gasteiger charge is -1.97. The SMILES string of the molecule is CC(C)c1nn(C)cc1Cl. The van der Waals surface area contributed by atoms with Gasteiger partial charge < -0.3 is 0 Å². The smallest absolute Gasteiger partial charge is 0.0836 e. The molecule has 2 nitrogen and oxygen atoms in total. The second-order valence-electron chi connectivity index (χ2n) is 2.69. The van der Waals surface area contributed by atoms with Gasteiger partial charge in [-0.25, -0.2) is 0 Å². The number of hydrogen-bond donors (Lipinski definition) is 0. The molecule has 0 fully saturated rings. The summed E-state index contributed by atoms with van der Waals surface area (Å²) in [5.41, 5.74) is 0.976. The lowest BCUT2D eigenvalue weighted by atomic mass is 10.1. The number of aryl methyl sites for hydroxylation is 1. The summed E-state index contributed by atoms with van der Waals surface area (Å²) in [6.45, 7) is 4.16. The second kappa shape index (κ2) is 2.62. The van der Waals surface area contributed by atoms with E-state index >= 15 is 0 Å². The Labute approximate surface area is 65.8 Å². The molecule has 1 aromatic heterocycles. The van der Waals surface area contributed by atoms with Crippen molar-refractivity contribution < 1.29 is 0 Å².